The van der Waals surface area contributed by atoms with E-state index in [1.54, 1.807) is 41.5 Å². The minimum Gasteiger partial charge on any atom is -0.438 e. The molecule has 28 heavy (non-hydrogen) atoms. The minimum atomic E-state index is -4.05. The highest BCUT2D eigenvalue weighted by Crippen LogP contribution is 2.48. The van der Waals surface area contributed by atoms with Gasteiger partial charge in [0.25, 0.3) is 5.91 Å². The Hall–Kier alpha value is -1.52. The summed E-state index contributed by atoms with van der Waals surface area (Å²) in [7, 11) is -2.96. The van der Waals surface area contributed by atoms with Gasteiger partial charge in [-0.1, -0.05) is 0 Å². The standard InChI is InChI=1S/C16H30NO10P/c1-15(2,3)13(19)24-9-26-28(22,11-23-8-12(18)17(7)21)27-10-25-14(20)16(4,5)6/h21H,8-11H2,1-7H3. The lowest BCUT2D eigenvalue weighted by Crippen LogP contribution is -2.27. The molecule has 0 saturated heterocycles. The highest BCUT2D eigenvalue weighted by molar-refractivity contribution is 7.53. The number of amides is 1. The van der Waals surface area contributed by atoms with Gasteiger partial charge in [-0.15, -0.1) is 0 Å². The Labute approximate surface area is 164 Å². The summed E-state index contributed by atoms with van der Waals surface area (Å²) in [5.74, 6) is -2.00. The molecule has 0 radical (unpaired) electrons. The highest BCUT2D eigenvalue weighted by Gasteiger charge is 2.30. The molecule has 0 aromatic heterocycles. The zero-order valence-electron chi connectivity index (χ0n) is 17.3. The first kappa shape index (κ1) is 26.5. The van der Waals surface area contributed by atoms with Gasteiger partial charge in [-0.3, -0.25) is 33.2 Å². The summed E-state index contributed by atoms with van der Waals surface area (Å²) in [6.07, 6.45) is -0.702. The maximum absolute atomic E-state index is 12.7. The smallest absolute Gasteiger partial charge is 0.361 e. The molecular weight excluding hydrogens is 397 g/mol. The van der Waals surface area contributed by atoms with Gasteiger partial charge in [0, 0.05) is 7.05 Å². The van der Waals surface area contributed by atoms with Crippen LogP contribution in [0.5, 0.6) is 0 Å². The predicted octanol–water partition coefficient (Wildman–Crippen LogP) is 2.13. The van der Waals surface area contributed by atoms with Crippen LogP contribution in [0, 0.1) is 10.8 Å². The van der Waals surface area contributed by atoms with E-state index in [9.17, 15) is 18.9 Å². The Balaban J connectivity index is 4.80. The van der Waals surface area contributed by atoms with Crippen LogP contribution in [0.2, 0.25) is 0 Å². The van der Waals surface area contributed by atoms with Crippen LogP contribution < -0.4 is 0 Å². The van der Waals surface area contributed by atoms with Gasteiger partial charge in [-0.25, -0.2) is 5.06 Å². The second-order valence-corrected chi connectivity index (χ2v) is 9.86. The van der Waals surface area contributed by atoms with Crippen molar-refractivity contribution in [1.82, 2.24) is 5.06 Å². The van der Waals surface area contributed by atoms with E-state index in [2.05, 4.69) is 0 Å². The van der Waals surface area contributed by atoms with E-state index >= 15 is 0 Å². The van der Waals surface area contributed by atoms with Crippen LogP contribution in [-0.4, -0.2) is 61.7 Å². The Bertz CT molecular complexity index is 555. The molecule has 0 aliphatic carbocycles. The van der Waals surface area contributed by atoms with Gasteiger partial charge in [0.15, 0.2) is 0 Å². The maximum Gasteiger partial charge on any atom is 0.361 e. The van der Waals surface area contributed by atoms with Crippen molar-refractivity contribution in [2.45, 2.75) is 41.5 Å². The Morgan fingerprint density at radius 3 is 1.61 bits per heavy atom. The van der Waals surface area contributed by atoms with Crippen molar-refractivity contribution in [2.75, 3.05) is 33.6 Å². The maximum atomic E-state index is 12.7. The largest absolute Gasteiger partial charge is 0.438 e. The molecule has 0 atom stereocenters. The molecule has 164 valence electrons. The number of carbonyl (C=O) groups is 3. The van der Waals surface area contributed by atoms with E-state index in [0.29, 0.717) is 5.06 Å². The lowest BCUT2D eigenvalue weighted by molar-refractivity contribution is -0.164. The Morgan fingerprint density at radius 2 is 1.29 bits per heavy atom. The van der Waals surface area contributed by atoms with Crippen LogP contribution in [0.1, 0.15) is 41.5 Å². The minimum absolute atomic E-state index is 0.295. The lowest BCUT2D eigenvalue weighted by atomic mass is 9.98. The number of hydrogen-bond acceptors (Lipinski definition) is 10. The van der Waals surface area contributed by atoms with Crippen molar-refractivity contribution in [3.05, 3.63) is 0 Å². The lowest BCUT2D eigenvalue weighted by Gasteiger charge is -2.22. The zero-order valence-corrected chi connectivity index (χ0v) is 18.2. The van der Waals surface area contributed by atoms with Crippen LogP contribution in [0.3, 0.4) is 0 Å². The monoisotopic (exact) mass is 427 g/mol. The van der Waals surface area contributed by atoms with Gasteiger partial charge in [0.2, 0.25) is 13.6 Å². The number of esters is 2. The molecule has 0 unspecified atom stereocenters. The van der Waals surface area contributed by atoms with Crippen LogP contribution in [0.4, 0.5) is 0 Å². The third-order valence-electron chi connectivity index (χ3n) is 2.94. The number of ether oxygens (including phenoxy) is 3. The second-order valence-electron chi connectivity index (χ2n) is 7.86. The summed E-state index contributed by atoms with van der Waals surface area (Å²) in [6.45, 7) is 7.74. The molecule has 0 heterocycles. The molecule has 0 bridgehead atoms. The van der Waals surface area contributed by atoms with E-state index < -0.39 is 62.8 Å². The Morgan fingerprint density at radius 1 is 0.893 bits per heavy atom. The molecule has 0 rings (SSSR count). The third-order valence-corrected chi connectivity index (χ3v) is 4.44. The van der Waals surface area contributed by atoms with Gasteiger partial charge in [0.1, 0.15) is 13.0 Å². The first-order chi connectivity index (χ1) is 12.6. The quantitative estimate of drug-likeness (QED) is 0.181. The average Bonchev–Trinajstić information content (AvgIpc) is 2.52. The van der Waals surface area contributed by atoms with Crippen molar-refractivity contribution >= 4 is 25.4 Å². The number of likely N-dealkylation sites (N-methyl/N-ethyl adjacent to an activating group) is 1. The van der Waals surface area contributed by atoms with E-state index in [1.807, 2.05) is 0 Å². The first-order valence-corrected chi connectivity index (χ1v) is 10.1. The fourth-order valence-electron chi connectivity index (χ4n) is 1.20. The molecule has 0 aromatic rings. The summed E-state index contributed by atoms with van der Waals surface area (Å²) in [6, 6.07) is 0. The van der Waals surface area contributed by atoms with Crippen molar-refractivity contribution in [3.63, 3.8) is 0 Å². The molecule has 0 aliphatic heterocycles. The molecule has 1 N–H and O–H groups in total. The summed E-state index contributed by atoms with van der Waals surface area (Å²) in [5, 5.41) is 9.26. The van der Waals surface area contributed by atoms with Crippen LogP contribution in [0.25, 0.3) is 0 Å². The SMILES string of the molecule is CN(O)C(=O)COCP(=O)(OCOC(=O)C(C)(C)C)OCOC(=O)C(C)(C)C. The van der Waals surface area contributed by atoms with Crippen molar-refractivity contribution in [2.24, 2.45) is 10.8 Å². The van der Waals surface area contributed by atoms with Crippen molar-refractivity contribution < 1.29 is 47.4 Å². The highest BCUT2D eigenvalue weighted by atomic mass is 31.2. The van der Waals surface area contributed by atoms with Crippen LogP contribution >= 0.6 is 7.60 Å². The summed E-state index contributed by atoms with van der Waals surface area (Å²) >= 11 is 0. The zero-order chi connectivity index (χ0) is 22.2. The molecule has 0 aliphatic rings. The predicted molar refractivity (Wildman–Crippen MR) is 96.0 cm³/mol. The van der Waals surface area contributed by atoms with Gasteiger partial charge in [-0.05, 0) is 41.5 Å². The molecule has 0 fully saturated rings. The molecule has 11 nitrogen and oxygen atoms in total. The fourth-order valence-corrected chi connectivity index (χ4v) is 2.17. The van der Waals surface area contributed by atoms with Gasteiger partial charge >= 0.3 is 19.5 Å². The topological polar surface area (TPSA) is 138 Å². The first-order valence-electron chi connectivity index (χ1n) is 8.34. The van der Waals surface area contributed by atoms with Crippen molar-refractivity contribution in [1.29, 1.82) is 0 Å². The number of carbonyl (C=O) groups excluding carboxylic acids is 3. The van der Waals surface area contributed by atoms with Gasteiger partial charge < -0.3 is 14.2 Å². The molecule has 1 amide bonds. The van der Waals surface area contributed by atoms with Crippen LogP contribution in [0.15, 0.2) is 0 Å². The summed E-state index contributed by atoms with van der Waals surface area (Å²) in [4.78, 5) is 34.8. The van der Waals surface area contributed by atoms with Crippen molar-refractivity contribution in [3.8, 4) is 0 Å². The van der Waals surface area contributed by atoms with E-state index in [4.69, 9.17) is 28.5 Å². The van der Waals surface area contributed by atoms with Gasteiger partial charge in [0.05, 0.1) is 10.8 Å². The molecule has 0 saturated carbocycles. The molecular formula is C16H30NO10P. The molecule has 0 aromatic carbocycles. The summed E-state index contributed by atoms with van der Waals surface area (Å²) < 4.78 is 37.3. The number of nitrogens with zero attached hydrogens (tertiary/aromatic N) is 1. The number of hydroxylamine groups is 2. The molecule has 0 spiro atoms. The Kier molecular flexibility index (Phi) is 10.3. The van der Waals surface area contributed by atoms with E-state index in [1.165, 1.54) is 0 Å². The summed E-state index contributed by atoms with van der Waals surface area (Å²) in [5.41, 5.74) is -1.60. The van der Waals surface area contributed by atoms with E-state index in [0.717, 1.165) is 7.05 Å². The van der Waals surface area contributed by atoms with Crippen LogP contribution in [-0.2, 0) is 42.2 Å². The number of rotatable bonds is 10. The van der Waals surface area contributed by atoms with E-state index in [-0.39, 0.29) is 0 Å². The number of hydrogen-bond donors (Lipinski definition) is 1. The van der Waals surface area contributed by atoms with Gasteiger partial charge in [-0.2, -0.15) is 0 Å². The average molecular weight is 427 g/mol. The normalized spacial score (nSPS) is 12.4. The fraction of sp³-hybridized carbons (Fsp3) is 0.812. The second kappa shape index (κ2) is 10.9. The third kappa shape index (κ3) is 10.7. The molecule has 12 heteroatoms.